The van der Waals surface area contributed by atoms with E-state index >= 15 is 0 Å². The van der Waals surface area contributed by atoms with Gasteiger partial charge in [0.1, 0.15) is 0 Å². The third kappa shape index (κ3) is 3.26. The van der Waals surface area contributed by atoms with Gasteiger partial charge in [0.2, 0.25) is 11.8 Å². The summed E-state index contributed by atoms with van der Waals surface area (Å²) in [5.41, 5.74) is 3.09. The highest BCUT2D eigenvalue weighted by molar-refractivity contribution is 5.94. The predicted octanol–water partition coefficient (Wildman–Crippen LogP) is 2.37. The Kier molecular flexibility index (Phi) is 3.95. The first-order valence-corrected chi connectivity index (χ1v) is 7.81. The van der Waals surface area contributed by atoms with Crippen molar-refractivity contribution in [3.05, 3.63) is 29.3 Å². The monoisotopic (exact) mass is 286 g/mol. The maximum absolute atomic E-state index is 12.4. The van der Waals surface area contributed by atoms with Gasteiger partial charge in [-0.05, 0) is 42.4 Å². The van der Waals surface area contributed by atoms with Crippen LogP contribution in [-0.4, -0.2) is 29.8 Å². The van der Waals surface area contributed by atoms with E-state index < -0.39 is 0 Å². The molecule has 2 amide bonds. The van der Waals surface area contributed by atoms with Gasteiger partial charge in [-0.3, -0.25) is 9.59 Å². The van der Waals surface area contributed by atoms with Gasteiger partial charge in [0.15, 0.2) is 0 Å². The fraction of sp³-hybridized carbons (Fsp3) is 0.529. The van der Waals surface area contributed by atoms with Crippen molar-refractivity contribution in [2.75, 3.05) is 18.4 Å². The Morgan fingerprint density at radius 2 is 2.05 bits per heavy atom. The number of hydrogen-bond donors (Lipinski definition) is 1. The Balaban J connectivity index is 1.65. The molecule has 0 atom stereocenters. The molecule has 0 saturated carbocycles. The summed E-state index contributed by atoms with van der Waals surface area (Å²) in [5.74, 6) is 1.04. The van der Waals surface area contributed by atoms with E-state index in [1.54, 1.807) is 0 Å². The number of piperidine rings is 1. The molecule has 0 radical (unpaired) electrons. The van der Waals surface area contributed by atoms with Crippen LogP contribution in [0.25, 0.3) is 0 Å². The van der Waals surface area contributed by atoms with Crippen LogP contribution < -0.4 is 5.32 Å². The molecule has 21 heavy (non-hydrogen) atoms. The number of benzene rings is 1. The van der Waals surface area contributed by atoms with Crippen molar-refractivity contribution in [1.29, 1.82) is 0 Å². The molecule has 0 aliphatic carbocycles. The molecule has 4 nitrogen and oxygen atoms in total. The van der Waals surface area contributed by atoms with Crippen molar-refractivity contribution in [3.8, 4) is 0 Å². The van der Waals surface area contributed by atoms with Gasteiger partial charge in [-0.25, -0.2) is 0 Å². The van der Waals surface area contributed by atoms with Crippen LogP contribution in [0.4, 0.5) is 5.69 Å². The van der Waals surface area contributed by atoms with Crippen LogP contribution in [0.5, 0.6) is 0 Å². The number of amides is 2. The smallest absolute Gasteiger partial charge is 0.226 e. The van der Waals surface area contributed by atoms with E-state index in [4.69, 9.17) is 0 Å². The van der Waals surface area contributed by atoms with Crippen LogP contribution in [0, 0.1) is 5.92 Å². The summed E-state index contributed by atoms with van der Waals surface area (Å²) in [4.78, 5) is 25.7. The van der Waals surface area contributed by atoms with Gasteiger partial charge < -0.3 is 10.2 Å². The van der Waals surface area contributed by atoms with E-state index in [1.807, 2.05) is 17.0 Å². The molecule has 2 aliphatic rings. The van der Waals surface area contributed by atoms with Crippen LogP contribution in [-0.2, 0) is 22.4 Å². The van der Waals surface area contributed by atoms with Crippen molar-refractivity contribution < 1.29 is 9.59 Å². The largest absolute Gasteiger partial charge is 0.342 e. The molecule has 1 saturated heterocycles. The molecule has 1 aromatic carbocycles. The van der Waals surface area contributed by atoms with E-state index in [-0.39, 0.29) is 11.8 Å². The Bertz CT molecular complexity index is 560. The Morgan fingerprint density at radius 1 is 1.29 bits per heavy atom. The number of nitrogens with zero attached hydrogens (tertiary/aromatic N) is 1. The number of likely N-dealkylation sites (tertiary alicyclic amines) is 1. The molecular weight excluding hydrogens is 264 g/mol. The highest BCUT2D eigenvalue weighted by Crippen LogP contribution is 2.24. The van der Waals surface area contributed by atoms with Gasteiger partial charge in [0, 0.05) is 25.2 Å². The van der Waals surface area contributed by atoms with Gasteiger partial charge in [0.25, 0.3) is 0 Å². The van der Waals surface area contributed by atoms with Gasteiger partial charge in [0.05, 0.1) is 6.42 Å². The third-order valence-electron chi connectivity index (χ3n) is 4.56. The van der Waals surface area contributed by atoms with E-state index in [0.29, 0.717) is 12.8 Å². The number of fused-ring (bicyclic) bond motifs is 1. The first-order chi connectivity index (χ1) is 10.1. The lowest BCUT2D eigenvalue weighted by molar-refractivity contribution is -0.131. The van der Waals surface area contributed by atoms with E-state index in [1.165, 1.54) is 0 Å². The minimum Gasteiger partial charge on any atom is -0.342 e. The van der Waals surface area contributed by atoms with Gasteiger partial charge in [-0.2, -0.15) is 0 Å². The molecule has 1 fully saturated rings. The number of carbonyl (C=O) groups excluding carboxylic acids is 2. The summed E-state index contributed by atoms with van der Waals surface area (Å²) < 4.78 is 0. The summed E-state index contributed by atoms with van der Waals surface area (Å²) in [6.45, 7) is 4.03. The lowest BCUT2D eigenvalue weighted by Crippen LogP contribution is -2.38. The van der Waals surface area contributed by atoms with Crippen LogP contribution in [0.3, 0.4) is 0 Å². The summed E-state index contributed by atoms with van der Waals surface area (Å²) in [6, 6.07) is 5.95. The van der Waals surface area contributed by atoms with E-state index in [2.05, 4.69) is 18.3 Å². The molecule has 0 aromatic heterocycles. The summed E-state index contributed by atoms with van der Waals surface area (Å²) in [5, 5.41) is 2.87. The average Bonchev–Trinajstić information content (AvgIpc) is 2.48. The zero-order valence-corrected chi connectivity index (χ0v) is 12.5. The predicted molar refractivity (Wildman–Crippen MR) is 82.1 cm³/mol. The number of carbonyl (C=O) groups is 2. The Morgan fingerprint density at radius 3 is 2.81 bits per heavy atom. The number of hydrogen-bond acceptors (Lipinski definition) is 2. The first-order valence-electron chi connectivity index (χ1n) is 7.81. The van der Waals surface area contributed by atoms with Crippen molar-refractivity contribution in [2.45, 2.75) is 39.0 Å². The second-order valence-electron chi connectivity index (χ2n) is 6.28. The van der Waals surface area contributed by atoms with Crippen molar-refractivity contribution in [3.63, 3.8) is 0 Å². The van der Waals surface area contributed by atoms with E-state index in [0.717, 1.165) is 55.1 Å². The van der Waals surface area contributed by atoms with Gasteiger partial charge in [-0.15, -0.1) is 0 Å². The summed E-state index contributed by atoms with van der Waals surface area (Å²) in [6.07, 6.45) is 4.00. The Hall–Kier alpha value is -1.84. The fourth-order valence-corrected chi connectivity index (χ4v) is 3.09. The normalized spacial score (nSPS) is 19.1. The zero-order chi connectivity index (χ0) is 14.8. The minimum absolute atomic E-state index is 0.0776. The topological polar surface area (TPSA) is 49.4 Å². The zero-order valence-electron chi connectivity index (χ0n) is 12.5. The Labute approximate surface area is 125 Å². The average molecular weight is 286 g/mol. The quantitative estimate of drug-likeness (QED) is 0.907. The van der Waals surface area contributed by atoms with Gasteiger partial charge >= 0.3 is 0 Å². The number of anilines is 1. The minimum atomic E-state index is 0.0776. The maximum atomic E-state index is 12.4. The molecule has 3 rings (SSSR count). The fourth-order valence-electron chi connectivity index (χ4n) is 3.09. The summed E-state index contributed by atoms with van der Waals surface area (Å²) >= 11 is 0. The van der Waals surface area contributed by atoms with Crippen molar-refractivity contribution in [1.82, 2.24) is 4.90 Å². The molecule has 2 heterocycles. The number of aryl methyl sites for hydroxylation is 1. The number of rotatable bonds is 2. The molecule has 0 unspecified atom stereocenters. The lowest BCUT2D eigenvalue weighted by Gasteiger charge is -2.30. The molecule has 0 bridgehead atoms. The summed E-state index contributed by atoms with van der Waals surface area (Å²) in [7, 11) is 0. The van der Waals surface area contributed by atoms with Gasteiger partial charge in [-0.1, -0.05) is 19.1 Å². The van der Waals surface area contributed by atoms with Crippen molar-refractivity contribution >= 4 is 17.5 Å². The molecule has 1 aromatic rings. The lowest BCUT2D eigenvalue weighted by atomic mass is 9.97. The van der Waals surface area contributed by atoms with Crippen LogP contribution in [0.15, 0.2) is 18.2 Å². The van der Waals surface area contributed by atoms with Crippen LogP contribution >= 0.6 is 0 Å². The maximum Gasteiger partial charge on any atom is 0.226 e. The van der Waals surface area contributed by atoms with Crippen LogP contribution in [0.2, 0.25) is 0 Å². The van der Waals surface area contributed by atoms with E-state index in [9.17, 15) is 9.59 Å². The SMILES string of the molecule is CC1CCN(C(=O)Cc2ccc3c(c2)CCC(=O)N3)CC1. The molecule has 0 spiro atoms. The molecule has 112 valence electrons. The molecular formula is C17H22N2O2. The third-order valence-corrected chi connectivity index (χ3v) is 4.56. The molecule has 2 aliphatic heterocycles. The molecule has 4 heteroatoms. The van der Waals surface area contributed by atoms with Crippen LogP contribution in [0.1, 0.15) is 37.3 Å². The highest BCUT2D eigenvalue weighted by Gasteiger charge is 2.21. The first kappa shape index (κ1) is 14.1. The molecule has 1 N–H and O–H groups in total. The highest BCUT2D eigenvalue weighted by atomic mass is 16.2. The number of nitrogens with one attached hydrogen (secondary N) is 1. The second-order valence-corrected chi connectivity index (χ2v) is 6.28. The van der Waals surface area contributed by atoms with Crippen molar-refractivity contribution in [2.24, 2.45) is 5.92 Å². The standard InChI is InChI=1S/C17H22N2O2/c1-12-6-8-19(9-7-12)17(21)11-13-2-4-15-14(10-13)3-5-16(20)18-15/h2,4,10,12H,3,5-9,11H2,1H3,(H,18,20). The second kappa shape index (κ2) is 5.88.